The molecule has 94 valence electrons. The van der Waals surface area contributed by atoms with E-state index in [1.807, 2.05) is 24.3 Å². The molecule has 0 fully saturated rings. The van der Waals surface area contributed by atoms with E-state index < -0.39 is 0 Å². The zero-order valence-electron chi connectivity index (χ0n) is 10.2. The van der Waals surface area contributed by atoms with Crippen molar-refractivity contribution >= 4 is 27.5 Å². The van der Waals surface area contributed by atoms with Crippen LogP contribution in [-0.2, 0) is 6.54 Å². The molecule has 1 nitrogen and oxygen atoms in total. The third-order valence-electron chi connectivity index (χ3n) is 2.90. The molecule has 2 aromatic rings. The van der Waals surface area contributed by atoms with Crippen LogP contribution in [0, 0.1) is 0 Å². The lowest BCUT2D eigenvalue weighted by Gasteiger charge is -2.14. The zero-order chi connectivity index (χ0) is 13.0. The average Bonchev–Trinajstić information content (AvgIpc) is 2.41. The molecule has 3 heteroatoms. The first-order valence-electron chi connectivity index (χ1n) is 5.89. The molecule has 0 heterocycles. The van der Waals surface area contributed by atoms with Gasteiger partial charge in [-0.2, -0.15) is 0 Å². The van der Waals surface area contributed by atoms with E-state index in [4.69, 9.17) is 11.6 Å². The SMILES string of the molecule is C[C@H](NCc1ccc(Cl)c(Br)c1)c1ccccc1. The van der Waals surface area contributed by atoms with Crippen LogP contribution in [0.25, 0.3) is 0 Å². The number of nitrogens with one attached hydrogen (secondary N) is 1. The van der Waals surface area contributed by atoms with Crippen LogP contribution in [0.4, 0.5) is 0 Å². The minimum atomic E-state index is 0.334. The van der Waals surface area contributed by atoms with Gasteiger partial charge in [0.05, 0.1) is 5.02 Å². The average molecular weight is 325 g/mol. The van der Waals surface area contributed by atoms with E-state index in [0.717, 1.165) is 16.0 Å². The minimum Gasteiger partial charge on any atom is -0.306 e. The van der Waals surface area contributed by atoms with Gasteiger partial charge in [-0.25, -0.2) is 0 Å². The van der Waals surface area contributed by atoms with E-state index in [1.54, 1.807) is 0 Å². The highest BCUT2D eigenvalue weighted by molar-refractivity contribution is 9.10. The minimum absolute atomic E-state index is 0.334. The van der Waals surface area contributed by atoms with Crippen LogP contribution < -0.4 is 5.32 Å². The second kappa shape index (κ2) is 6.37. The van der Waals surface area contributed by atoms with Crippen molar-refractivity contribution in [1.82, 2.24) is 5.32 Å². The highest BCUT2D eigenvalue weighted by Gasteiger charge is 2.04. The second-order valence-electron chi connectivity index (χ2n) is 4.26. The van der Waals surface area contributed by atoms with Gasteiger partial charge in [0.25, 0.3) is 0 Å². The first-order valence-corrected chi connectivity index (χ1v) is 7.06. The summed E-state index contributed by atoms with van der Waals surface area (Å²) < 4.78 is 0.941. The summed E-state index contributed by atoms with van der Waals surface area (Å²) in [7, 11) is 0. The summed E-state index contributed by atoms with van der Waals surface area (Å²) in [5, 5.41) is 4.24. The van der Waals surface area contributed by atoms with Gasteiger partial charge < -0.3 is 5.32 Å². The maximum atomic E-state index is 5.97. The van der Waals surface area contributed by atoms with Crippen molar-refractivity contribution in [2.45, 2.75) is 19.5 Å². The van der Waals surface area contributed by atoms with Crippen LogP contribution in [0.2, 0.25) is 5.02 Å². The van der Waals surface area contributed by atoms with Gasteiger partial charge in [-0.3, -0.25) is 0 Å². The summed E-state index contributed by atoms with van der Waals surface area (Å²) in [5.41, 5.74) is 2.51. The van der Waals surface area contributed by atoms with Crippen molar-refractivity contribution < 1.29 is 0 Å². The fourth-order valence-corrected chi connectivity index (χ4v) is 2.32. The van der Waals surface area contributed by atoms with E-state index in [9.17, 15) is 0 Å². The van der Waals surface area contributed by atoms with E-state index in [2.05, 4.69) is 52.4 Å². The summed E-state index contributed by atoms with van der Waals surface area (Å²) in [6.07, 6.45) is 0. The quantitative estimate of drug-likeness (QED) is 0.838. The van der Waals surface area contributed by atoms with E-state index in [-0.39, 0.29) is 0 Å². The molecular weight excluding hydrogens is 310 g/mol. The molecule has 0 bridgehead atoms. The van der Waals surface area contributed by atoms with E-state index in [1.165, 1.54) is 11.1 Å². The molecule has 0 saturated carbocycles. The van der Waals surface area contributed by atoms with Crippen molar-refractivity contribution in [1.29, 1.82) is 0 Å². The first kappa shape index (κ1) is 13.6. The van der Waals surface area contributed by atoms with Crippen molar-refractivity contribution in [2.24, 2.45) is 0 Å². The van der Waals surface area contributed by atoms with Crippen LogP contribution in [-0.4, -0.2) is 0 Å². The standard InChI is InChI=1S/C15H15BrClN/c1-11(13-5-3-2-4-6-13)18-10-12-7-8-15(17)14(16)9-12/h2-9,11,18H,10H2,1H3/t11-/m0/s1. The Morgan fingerprint density at radius 3 is 2.56 bits per heavy atom. The summed E-state index contributed by atoms with van der Waals surface area (Å²) in [4.78, 5) is 0. The molecule has 0 aliphatic carbocycles. The van der Waals surface area contributed by atoms with Gasteiger partial charge >= 0.3 is 0 Å². The van der Waals surface area contributed by atoms with Crippen molar-refractivity contribution in [2.75, 3.05) is 0 Å². The monoisotopic (exact) mass is 323 g/mol. The molecule has 0 spiro atoms. The second-order valence-corrected chi connectivity index (χ2v) is 5.52. The Bertz CT molecular complexity index is 513. The lowest BCUT2D eigenvalue weighted by Crippen LogP contribution is -2.17. The molecular formula is C15H15BrClN. The summed E-state index contributed by atoms with van der Waals surface area (Å²) in [6, 6.07) is 16.8. The number of hydrogen-bond donors (Lipinski definition) is 1. The smallest absolute Gasteiger partial charge is 0.0548 e. The third kappa shape index (κ3) is 3.58. The third-order valence-corrected chi connectivity index (χ3v) is 4.11. The van der Waals surface area contributed by atoms with Gasteiger partial charge in [-0.05, 0) is 46.1 Å². The molecule has 0 aromatic heterocycles. The Kier molecular flexibility index (Phi) is 4.81. The number of benzene rings is 2. The molecule has 2 rings (SSSR count). The molecule has 2 aromatic carbocycles. The molecule has 18 heavy (non-hydrogen) atoms. The summed E-state index contributed by atoms with van der Waals surface area (Å²) in [5.74, 6) is 0. The highest BCUT2D eigenvalue weighted by Crippen LogP contribution is 2.23. The Morgan fingerprint density at radius 2 is 1.89 bits per heavy atom. The predicted octanol–water partition coefficient (Wildman–Crippen LogP) is 4.95. The topological polar surface area (TPSA) is 12.0 Å². The molecule has 1 N–H and O–H groups in total. The predicted molar refractivity (Wildman–Crippen MR) is 80.8 cm³/mol. The normalized spacial score (nSPS) is 12.4. The van der Waals surface area contributed by atoms with Crippen molar-refractivity contribution in [3.63, 3.8) is 0 Å². The molecule has 0 aliphatic rings. The highest BCUT2D eigenvalue weighted by atomic mass is 79.9. The van der Waals surface area contributed by atoms with Gasteiger partial charge in [-0.15, -0.1) is 0 Å². The molecule has 0 radical (unpaired) electrons. The largest absolute Gasteiger partial charge is 0.306 e. The molecule has 0 amide bonds. The van der Waals surface area contributed by atoms with Gasteiger partial charge in [0.1, 0.15) is 0 Å². The maximum Gasteiger partial charge on any atom is 0.0548 e. The lowest BCUT2D eigenvalue weighted by atomic mass is 10.1. The molecule has 0 unspecified atom stereocenters. The fraction of sp³-hybridized carbons (Fsp3) is 0.200. The molecule has 0 saturated heterocycles. The Balaban J connectivity index is 1.97. The van der Waals surface area contributed by atoms with Crippen LogP contribution in [0.1, 0.15) is 24.1 Å². The molecule has 1 atom stereocenters. The maximum absolute atomic E-state index is 5.97. The van der Waals surface area contributed by atoms with Gasteiger partial charge in [0, 0.05) is 17.1 Å². The summed E-state index contributed by atoms with van der Waals surface area (Å²) >= 11 is 9.41. The lowest BCUT2D eigenvalue weighted by molar-refractivity contribution is 0.574. The number of hydrogen-bond acceptors (Lipinski definition) is 1. The number of rotatable bonds is 4. The van der Waals surface area contributed by atoms with Crippen LogP contribution in [0.15, 0.2) is 53.0 Å². The van der Waals surface area contributed by atoms with Crippen molar-refractivity contribution in [3.05, 3.63) is 69.2 Å². The number of halogens is 2. The van der Waals surface area contributed by atoms with Crippen LogP contribution >= 0.6 is 27.5 Å². The zero-order valence-corrected chi connectivity index (χ0v) is 12.5. The Hall–Kier alpha value is -0.830. The molecule has 0 aliphatic heterocycles. The van der Waals surface area contributed by atoms with Crippen molar-refractivity contribution in [3.8, 4) is 0 Å². The van der Waals surface area contributed by atoms with Gasteiger partial charge in [0.15, 0.2) is 0 Å². The van der Waals surface area contributed by atoms with E-state index >= 15 is 0 Å². The van der Waals surface area contributed by atoms with Gasteiger partial charge in [0.2, 0.25) is 0 Å². The summed E-state index contributed by atoms with van der Waals surface area (Å²) in [6.45, 7) is 2.99. The van der Waals surface area contributed by atoms with E-state index in [0.29, 0.717) is 6.04 Å². The Labute approximate surface area is 121 Å². The van der Waals surface area contributed by atoms with Gasteiger partial charge in [-0.1, -0.05) is 48.0 Å². The fourth-order valence-electron chi connectivity index (χ4n) is 1.78. The van der Waals surface area contributed by atoms with Crippen LogP contribution in [0.3, 0.4) is 0 Å². The van der Waals surface area contributed by atoms with Crippen LogP contribution in [0.5, 0.6) is 0 Å². The Morgan fingerprint density at radius 1 is 1.17 bits per heavy atom. The first-order chi connectivity index (χ1) is 8.66.